The molecule has 0 unspecified atom stereocenters. The van der Waals surface area contributed by atoms with Crippen molar-refractivity contribution in [3.8, 4) is 0 Å². The number of pyridine rings is 1. The maximum absolute atomic E-state index is 10.8. The lowest BCUT2D eigenvalue weighted by molar-refractivity contribution is 0.0696. The van der Waals surface area contributed by atoms with Gasteiger partial charge in [0.25, 0.3) is 0 Å². The smallest absolute Gasteiger partial charge is 0.337 e. The highest BCUT2D eigenvalue weighted by atomic mass is 32.2. The number of nitrogens with one attached hydrogen (secondary N) is 1. The second-order valence-corrected chi connectivity index (χ2v) is 4.78. The molecule has 20 heavy (non-hydrogen) atoms. The van der Waals surface area contributed by atoms with Crippen LogP contribution in [0.2, 0.25) is 0 Å². The van der Waals surface area contributed by atoms with Gasteiger partial charge < -0.3 is 15.8 Å². The summed E-state index contributed by atoms with van der Waals surface area (Å²) in [6, 6.07) is 1.36. The highest BCUT2D eigenvalue weighted by Crippen LogP contribution is 2.31. The Labute approximate surface area is 116 Å². The van der Waals surface area contributed by atoms with Crippen molar-refractivity contribution in [3.05, 3.63) is 30.5 Å². The number of hydrogen-bond donors (Lipinski definition) is 3. The number of rotatable bonds is 3. The Kier molecular flexibility index (Phi) is 2.95. The van der Waals surface area contributed by atoms with Crippen molar-refractivity contribution in [2.24, 2.45) is 0 Å². The van der Waals surface area contributed by atoms with Crippen molar-refractivity contribution in [3.63, 3.8) is 0 Å². The normalized spacial score (nSPS) is 10.8. The molecular formula is C11H8N6O2S. The molecule has 9 heteroatoms. The molecule has 0 spiro atoms. The van der Waals surface area contributed by atoms with Crippen molar-refractivity contribution in [2.45, 2.75) is 10.1 Å². The molecule has 0 bridgehead atoms. The Morgan fingerprint density at radius 3 is 2.85 bits per heavy atom. The maximum atomic E-state index is 10.8. The van der Waals surface area contributed by atoms with Crippen LogP contribution in [0.15, 0.2) is 35.0 Å². The molecule has 0 aliphatic heterocycles. The molecular weight excluding hydrogens is 280 g/mol. The number of aromatic amines is 1. The summed E-state index contributed by atoms with van der Waals surface area (Å²) in [5.41, 5.74) is 7.36. The van der Waals surface area contributed by atoms with Crippen LogP contribution in [0.4, 0.5) is 5.69 Å². The van der Waals surface area contributed by atoms with E-state index in [2.05, 4.69) is 24.9 Å². The molecule has 4 N–H and O–H groups in total. The molecule has 0 radical (unpaired) electrons. The lowest BCUT2D eigenvalue weighted by atomic mass is 10.3. The zero-order valence-electron chi connectivity index (χ0n) is 9.94. The van der Waals surface area contributed by atoms with Crippen molar-refractivity contribution >= 4 is 34.6 Å². The molecule has 0 aliphatic rings. The fraction of sp³-hybridized carbons (Fsp3) is 0. The van der Waals surface area contributed by atoms with Gasteiger partial charge in [-0.15, -0.1) is 0 Å². The summed E-state index contributed by atoms with van der Waals surface area (Å²) >= 11 is 1.22. The SMILES string of the molecule is Nc1cc(C(=O)O)cnc1Sc1ncnc2nc[nH]c12. The van der Waals surface area contributed by atoms with Gasteiger partial charge in [0, 0.05) is 6.20 Å². The molecule has 0 aliphatic carbocycles. The molecule has 3 rings (SSSR count). The first-order valence-electron chi connectivity index (χ1n) is 5.46. The molecule has 3 heterocycles. The third-order valence-corrected chi connectivity index (χ3v) is 3.54. The van der Waals surface area contributed by atoms with Gasteiger partial charge in [-0.1, -0.05) is 0 Å². The summed E-state index contributed by atoms with van der Waals surface area (Å²) in [5.74, 6) is -1.07. The number of nitrogen functional groups attached to an aromatic ring is 1. The number of imidazole rings is 1. The number of aromatic nitrogens is 5. The summed E-state index contributed by atoms with van der Waals surface area (Å²) in [4.78, 5) is 30.0. The van der Waals surface area contributed by atoms with Crippen LogP contribution in [-0.2, 0) is 0 Å². The van der Waals surface area contributed by atoms with Crippen LogP contribution < -0.4 is 5.73 Å². The van der Waals surface area contributed by atoms with Crippen molar-refractivity contribution in [1.82, 2.24) is 24.9 Å². The Morgan fingerprint density at radius 2 is 2.10 bits per heavy atom. The zero-order chi connectivity index (χ0) is 14.1. The Bertz CT molecular complexity index is 802. The number of anilines is 1. The molecule has 100 valence electrons. The van der Waals surface area contributed by atoms with Gasteiger partial charge >= 0.3 is 5.97 Å². The fourth-order valence-electron chi connectivity index (χ4n) is 1.58. The number of nitrogens with zero attached hydrogens (tertiary/aromatic N) is 4. The average molecular weight is 288 g/mol. The van der Waals surface area contributed by atoms with Gasteiger partial charge in [0.2, 0.25) is 0 Å². The van der Waals surface area contributed by atoms with E-state index < -0.39 is 5.97 Å². The highest BCUT2D eigenvalue weighted by molar-refractivity contribution is 7.99. The zero-order valence-corrected chi connectivity index (χ0v) is 10.8. The van der Waals surface area contributed by atoms with E-state index in [-0.39, 0.29) is 11.3 Å². The van der Waals surface area contributed by atoms with Crippen molar-refractivity contribution in [1.29, 1.82) is 0 Å². The molecule has 0 amide bonds. The van der Waals surface area contributed by atoms with Crippen LogP contribution in [0, 0.1) is 0 Å². The topological polar surface area (TPSA) is 131 Å². The second kappa shape index (κ2) is 4.78. The summed E-state index contributed by atoms with van der Waals surface area (Å²) in [7, 11) is 0. The number of carboxylic acid groups (broad SMARTS) is 1. The lowest BCUT2D eigenvalue weighted by Gasteiger charge is -2.05. The van der Waals surface area contributed by atoms with Crippen molar-refractivity contribution in [2.75, 3.05) is 5.73 Å². The minimum Gasteiger partial charge on any atom is -0.478 e. The van der Waals surface area contributed by atoms with E-state index in [0.717, 1.165) is 0 Å². The van der Waals surface area contributed by atoms with Gasteiger partial charge in [-0.25, -0.2) is 24.7 Å². The molecule has 8 nitrogen and oxygen atoms in total. The first kappa shape index (κ1) is 12.4. The molecule has 0 atom stereocenters. The molecule has 3 aromatic rings. The van der Waals surface area contributed by atoms with Gasteiger partial charge in [0.05, 0.1) is 17.6 Å². The van der Waals surface area contributed by atoms with Crippen LogP contribution in [0.3, 0.4) is 0 Å². The Balaban J connectivity index is 1.99. The van der Waals surface area contributed by atoms with E-state index >= 15 is 0 Å². The van der Waals surface area contributed by atoms with Gasteiger partial charge in [0.15, 0.2) is 5.65 Å². The van der Waals surface area contributed by atoms with Gasteiger partial charge in [-0.05, 0) is 17.8 Å². The quantitative estimate of drug-likeness (QED) is 0.612. The standard InChI is InChI=1S/C11H8N6O2S/c12-6-1-5(11(18)19)2-13-9(6)20-10-7-8(15-3-14-7)16-4-17-10/h1-4H,12H2,(H,18,19)(H,14,15,16,17). The number of aromatic carboxylic acids is 1. The summed E-state index contributed by atoms with van der Waals surface area (Å²) in [6.07, 6.45) is 4.17. The van der Waals surface area contributed by atoms with E-state index in [9.17, 15) is 4.79 Å². The van der Waals surface area contributed by atoms with Crippen LogP contribution >= 0.6 is 11.8 Å². The maximum Gasteiger partial charge on any atom is 0.337 e. The van der Waals surface area contributed by atoms with E-state index in [1.165, 1.54) is 36.7 Å². The molecule has 0 saturated heterocycles. The lowest BCUT2D eigenvalue weighted by Crippen LogP contribution is -2.01. The fourth-order valence-corrected chi connectivity index (χ4v) is 2.40. The van der Waals surface area contributed by atoms with Gasteiger partial charge in [0.1, 0.15) is 21.9 Å². The number of fused-ring (bicyclic) bond motifs is 1. The molecule has 3 aromatic heterocycles. The largest absolute Gasteiger partial charge is 0.478 e. The monoisotopic (exact) mass is 288 g/mol. The summed E-state index contributed by atoms with van der Waals surface area (Å²) < 4.78 is 0. The number of hydrogen-bond acceptors (Lipinski definition) is 7. The van der Waals surface area contributed by atoms with Crippen LogP contribution in [0.1, 0.15) is 10.4 Å². The third kappa shape index (κ3) is 2.14. The predicted molar refractivity (Wildman–Crippen MR) is 71.4 cm³/mol. The van der Waals surface area contributed by atoms with Crippen molar-refractivity contribution < 1.29 is 9.90 Å². The van der Waals surface area contributed by atoms with Gasteiger partial charge in [-0.2, -0.15) is 0 Å². The number of carboxylic acids is 1. The number of nitrogens with two attached hydrogens (primary N) is 1. The first-order chi connectivity index (χ1) is 9.65. The van der Waals surface area contributed by atoms with Gasteiger partial charge in [-0.3, -0.25) is 0 Å². The van der Waals surface area contributed by atoms with E-state index in [4.69, 9.17) is 10.8 Å². The summed E-state index contributed by atoms with van der Waals surface area (Å²) in [6.45, 7) is 0. The second-order valence-electron chi connectivity index (χ2n) is 3.81. The minimum atomic E-state index is -1.07. The van der Waals surface area contributed by atoms with Crippen LogP contribution in [-0.4, -0.2) is 36.0 Å². The van der Waals surface area contributed by atoms with E-state index in [1.807, 2.05) is 0 Å². The van der Waals surface area contributed by atoms with Crippen LogP contribution in [0.5, 0.6) is 0 Å². The number of H-pyrrole nitrogens is 1. The average Bonchev–Trinajstić information content (AvgIpc) is 2.90. The summed E-state index contributed by atoms with van der Waals surface area (Å²) in [5, 5.41) is 9.96. The Morgan fingerprint density at radius 1 is 1.25 bits per heavy atom. The predicted octanol–water partition coefficient (Wildman–Crippen LogP) is 1.18. The first-order valence-corrected chi connectivity index (χ1v) is 6.27. The molecule has 0 aromatic carbocycles. The van der Waals surface area contributed by atoms with E-state index in [0.29, 0.717) is 21.2 Å². The highest BCUT2D eigenvalue weighted by Gasteiger charge is 2.12. The Hall–Kier alpha value is -2.68. The van der Waals surface area contributed by atoms with E-state index in [1.54, 1.807) is 0 Å². The minimum absolute atomic E-state index is 0.0428. The molecule has 0 saturated carbocycles. The number of carbonyl (C=O) groups is 1. The molecule has 0 fully saturated rings. The van der Waals surface area contributed by atoms with Crippen LogP contribution in [0.25, 0.3) is 11.2 Å². The third-order valence-electron chi connectivity index (χ3n) is 2.51.